The number of allylic oxidation sites excluding steroid dienone is 1. The molecule has 0 bridgehead atoms. The third-order valence-corrected chi connectivity index (χ3v) is 31.9. The van der Waals surface area contributed by atoms with Crippen LogP contribution in [0, 0.1) is 0 Å². The van der Waals surface area contributed by atoms with Crippen molar-refractivity contribution >= 4 is 21.9 Å². The second-order valence-corrected chi connectivity index (χ2v) is 30.7. The number of fused-ring (bicyclic) bond motifs is 4. The van der Waals surface area contributed by atoms with E-state index in [1.165, 1.54) is 38.9 Å². The number of rotatable bonds is 5. The van der Waals surface area contributed by atoms with Gasteiger partial charge in [-0.25, -0.2) is 0 Å². The second kappa shape index (κ2) is 15.5. The van der Waals surface area contributed by atoms with Crippen LogP contribution in [0.4, 0.5) is 0 Å². The van der Waals surface area contributed by atoms with E-state index in [2.05, 4.69) is 200 Å². The summed E-state index contributed by atoms with van der Waals surface area (Å²) >= 11 is -2.83. The molecule has 2 aliphatic rings. The van der Waals surface area contributed by atoms with Crippen LogP contribution in [0.2, 0.25) is 0 Å². The minimum absolute atomic E-state index is 0. The maximum Gasteiger partial charge on any atom is -1.00 e. The van der Waals surface area contributed by atoms with Crippen LogP contribution < -0.4 is 35.2 Å². The first-order chi connectivity index (χ1) is 24.5. The van der Waals surface area contributed by atoms with Crippen LogP contribution in [0.1, 0.15) is 89.1 Å². The summed E-state index contributed by atoms with van der Waals surface area (Å²) in [5, 5.41) is 3.13. The van der Waals surface area contributed by atoms with Crippen LogP contribution in [0.15, 0.2) is 151 Å². The summed E-state index contributed by atoms with van der Waals surface area (Å²) in [4.78, 5) is 0. The maximum absolute atomic E-state index is 2.83. The predicted molar refractivity (Wildman–Crippen MR) is 217 cm³/mol. The first-order valence-corrected chi connectivity index (χ1v) is 26.5. The van der Waals surface area contributed by atoms with E-state index in [1.807, 2.05) is 0 Å². The minimum Gasteiger partial charge on any atom is -1.00 e. The van der Waals surface area contributed by atoms with E-state index >= 15 is 0 Å². The molecular weight excluding hydrogens is 779 g/mol. The Morgan fingerprint density at radius 3 is 1.42 bits per heavy atom. The maximum atomic E-state index is 2.64. The summed E-state index contributed by atoms with van der Waals surface area (Å²) in [5.74, 6) is 0. The quantitative estimate of drug-likeness (QED) is 0.199. The average Bonchev–Trinajstić information content (AvgIpc) is 3.64. The SMILES string of the molecule is CC1=Cc2c(-c3ccccc3)cccc2[CH]1[Zr+2]([CH]1c2cc(C(C)(C)C)ccc2-c2ccc(C(C)(C)C)cc21)=[Si](c1ccccc1)c1ccccc1.[Cl-].[Cl-]. The van der Waals surface area contributed by atoms with Gasteiger partial charge in [0.25, 0.3) is 0 Å². The van der Waals surface area contributed by atoms with Crippen molar-refractivity contribution in [2.75, 3.05) is 0 Å². The topological polar surface area (TPSA) is 0 Å². The summed E-state index contributed by atoms with van der Waals surface area (Å²) in [7, 11) is 0. The zero-order valence-corrected chi connectivity index (χ0v) is 36.8. The number of hydrogen-bond acceptors (Lipinski definition) is 0. The zero-order valence-electron chi connectivity index (χ0n) is 31.8. The molecule has 4 heteroatoms. The fourth-order valence-corrected chi connectivity index (χ4v) is 33.4. The first kappa shape index (κ1) is 39.4. The van der Waals surface area contributed by atoms with Gasteiger partial charge in [0, 0.05) is 0 Å². The van der Waals surface area contributed by atoms with Crippen LogP contribution >= 0.6 is 0 Å². The monoisotopic (exact) mass is 824 g/mol. The molecule has 0 fully saturated rings. The number of halogens is 2. The molecule has 0 heterocycles. The van der Waals surface area contributed by atoms with Crippen molar-refractivity contribution in [1.82, 2.24) is 0 Å². The van der Waals surface area contributed by atoms with Gasteiger partial charge in [0.05, 0.1) is 0 Å². The molecule has 0 nitrogen and oxygen atoms in total. The van der Waals surface area contributed by atoms with E-state index in [-0.39, 0.29) is 35.6 Å². The average molecular weight is 827 g/mol. The van der Waals surface area contributed by atoms with Crippen molar-refractivity contribution in [2.24, 2.45) is 0 Å². The van der Waals surface area contributed by atoms with Gasteiger partial charge in [0.2, 0.25) is 0 Å². The molecule has 53 heavy (non-hydrogen) atoms. The minimum atomic E-state index is -2.83. The summed E-state index contributed by atoms with van der Waals surface area (Å²) in [6.45, 7) is 16.7. The van der Waals surface area contributed by atoms with E-state index < -0.39 is 25.8 Å². The van der Waals surface area contributed by atoms with E-state index in [4.69, 9.17) is 0 Å². The molecule has 0 spiro atoms. The fraction of sp³-hybridized carbons (Fsp3) is 0.224. The number of benzene rings is 6. The molecule has 0 saturated heterocycles. The normalized spacial score (nSPS) is 14.5. The molecule has 0 aromatic heterocycles. The smallest absolute Gasteiger partial charge is 1.00 e. The Morgan fingerprint density at radius 2 is 0.943 bits per heavy atom. The van der Waals surface area contributed by atoms with Gasteiger partial charge >= 0.3 is 316 Å². The Labute approximate surface area is 337 Å². The van der Waals surface area contributed by atoms with Crippen molar-refractivity contribution in [3.05, 3.63) is 185 Å². The van der Waals surface area contributed by atoms with E-state index in [0.717, 1.165) is 0 Å². The number of hydrogen-bond donors (Lipinski definition) is 0. The van der Waals surface area contributed by atoms with E-state index in [9.17, 15) is 0 Å². The van der Waals surface area contributed by atoms with Crippen molar-refractivity contribution in [2.45, 2.75) is 66.5 Å². The summed E-state index contributed by atoms with van der Waals surface area (Å²) in [6, 6.07) is 56.7. The van der Waals surface area contributed by atoms with Crippen LogP contribution in [0.3, 0.4) is 0 Å². The fourth-order valence-electron chi connectivity index (χ4n) is 8.53. The van der Waals surface area contributed by atoms with Gasteiger partial charge in [-0.15, -0.1) is 0 Å². The molecule has 1 unspecified atom stereocenters. The van der Waals surface area contributed by atoms with E-state index in [1.54, 1.807) is 32.6 Å². The van der Waals surface area contributed by atoms with Gasteiger partial charge in [-0.3, -0.25) is 0 Å². The summed E-state index contributed by atoms with van der Waals surface area (Å²) < 4.78 is 0.886. The molecular formula is C49H48Cl2SiZr. The molecule has 8 rings (SSSR count). The van der Waals surface area contributed by atoms with Gasteiger partial charge < -0.3 is 24.8 Å². The molecule has 266 valence electrons. The zero-order chi connectivity index (χ0) is 35.5. The Hall–Kier alpha value is -3.26. The molecule has 6 aromatic carbocycles. The molecule has 0 aliphatic heterocycles. The van der Waals surface area contributed by atoms with Gasteiger partial charge in [-0.05, 0) is 0 Å². The van der Waals surface area contributed by atoms with Crippen molar-refractivity contribution in [3.8, 4) is 22.3 Å². The Morgan fingerprint density at radius 1 is 0.472 bits per heavy atom. The standard InChI is InChI=1S/C21H25.C16H13.C12H10Si.2ClH.Zr/c1-20(2,3)16-7-9-18-14(12-16)11-15-13-17(21(4,5)6)8-10-19(15)18;1-12-10-14-8-5-9-15(16(14)11-12)13-6-3-2-4-7-13;1-3-7-11(8-4-1)13-12-9-5-2-6-10-12;;;/h7-13H,1-6H3;2-11H,1H3;1-10H;2*1H;/q;;;;;+2/p-2. The third kappa shape index (κ3) is 7.30. The largest absolute Gasteiger partial charge is 1.00 e. The van der Waals surface area contributed by atoms with E-state index in [0.29, 0.717) is 7.25 Å². The molecule has 0 amide bonds. The second-order valence-electron chi connectivity index (χ2n) is 16.6. The van der Waals surface area contributed by atoms with Crippen molar-refractivity contribution in [1.29, 1.82) is 0 Å². The van der Waals surface area contributed by atoms with Crippen LogP contribution in [0.5, 0.6) is 0 Å². The first-order valence-electron chi connectivity index (χ1n) is 18.5. The molecule has 6 aromatic rings. The predicted octanol–water partition coefficient (Wildman–Crippen LogP) is 5.61. The van der Waals surface area contributed by atoms with Gasteiger partial charge in [0.15, 0.2) is 0 Å². The Balaban J connectivity index is 0.00000240. The van der Waals surface area contributed by atoms with Crippen LogP contribution in [-0.2, 0) is 31.2 Å². The summed E-state index contributed by atoms with van der Waals surface area (Å²) in [6.07, 6.45) is 2.58. The van der Waals surface area contributed by atoms with Crippen LogP contribution in [-0.4, -0.2) is 5.43 Å². The Kier molecular flexibility index (Phi) is 11.5. The molecule has 0 N–H and O–H groups in total. The van der Waals surface area contributed by atoms with Gasteiger partial charge in [-0.2, -0.15) is 0 Å². The molecule has 2 aliphatic carbocycles. The Bertz CT molecular complexity index is 2220. The third-order valence-electron chi connectivity index (χ3n) is 11.1. The van der Waals surface area contributed by atoms with Gasteiger partial charge in [0.1, 0.15) is 0 Å². The van der Waals surface area contributed by atoms with Crippen LogP contribution in [0.25, 0.3) is 28.3 Å². The molecule has 0 saturated carbocycles. The van der Waals surface area contributed by atoms with Gasteiger partial charge in [-0.1, -0.05) is 0 Å². The molecule has 0 radical (unpaired) electrons. The molecule has 1 atom stereocenters. The van der Waals surface area contributed by atoms with Crippen molar-refractivity contribution < 1.29 is 45.2 Å². The summed E-state index contributed by atoms with van der Waals surface area (Å²) in [5.41, 5.74) is 15.2. The van der Waals surface area contributed by atoms with Crippen molar-refractivity contribution in [3.63, 3.8) is 0 Å².